The predicted molar refractivity (Wildman–Crippen MR) is 74.6 cm³/mol. The molecule has 0 aliphatic heterocycles. The van der Waals surface area contributed by atoms with Crippen LogP contribution in [0.5, 0.6) is 0 Å². The first-order chi connectivity index (χ1) is 9.31. The molecule has 3 rings (SSSR count). The Morgan fingerprint density at radius 2 is 2.05 bits per heavy atom. The zero-order chi connectivity index (χ0) is 13.1. The zero-order valence-electron chi connectivity index (χ0n) is 10.9. The monoisotopic (exact) mass is 257 g/mol. The number of fused-ring (bicyclic) bond motifs is 1. The lowest BCUT2D eigenvalue weighted by atomic mass is 9.93. The highest BCUT2D eigenvalue weighted by Crippen LogP contribution is 2.18. The Balaban J connectivity index is 1.64. The highest BCUT2D eigenvalue weighted by atomic mass is 16.3. The summed E-state index contributed by atoms with van der Waals surface area (Å²) in [4.78, 5) is 9.00. The third-order valence-electron chi connectivity index (χ3n) is 3.72. The fourth-order valence-electron chi connectivity index (χ4n) is 2.68. The molecule has 0 radical (unpaired) electrons. The van der Waals surface area contributed by atoms with Gasteiger partial charge in [0.15, 0.2) is 0 Å². The van der Waals surface area contributed by atoms with Crippen molar-refractivity contribution in [1.29, 1.82) is 0 Å². The van der Waals surface area contributed by atoms with Gasteiger partial charge >= 0.3 is 0 Å². The van der Waals surface area contributed by atoms with Crippen LogP contribution >= 0.6 is 0 Å². The number of aromatic nitrogens is 2. The van der Waals surface area contributed by atoms with Gasteiger partial charge in [-0.2, -0.15) is 0 Å². The largest absolute Gasteiger partial charge is 0.393 e. The molecule has 1 heterocycles. The van der Waals surface area contributed by atoms with E-state index in [1.165, 1.54) is 0 Å². The Labute approximate surface area is 112 Å². The van der Waals surface area contributed by atoms with Crippen LogP contribution in [0.2, 0.25) is 0 Å². The van der Waals surface area contributed by atoms with Crippen LogP contribution in [0.4, 0.5) is 0 Å². The van der Waals surface area contributed by atoms with E-state index < -0.39 is 0 Å². The van der Waals surface area contributed by atoms with Crippen molar-refractivity contribution in [3.05, 3.63) is 36.2 Å². The lowest BCUT2D eigenvalue weighted by Crippen LogP contribution is -2.35. The van der Waals surface area contributed by atoms with E-state index in [-0.39, 0.29) is 6.10 Å². The number of hydrogen-bond acceptors (Lipinski definition) is 4. The van der Waals surface area contributed by atoms with Gasteiger partial charge in [0.05, 0.1) is 29.0 Å². The summed E-state index contributed by atoms with van der Waals surface area (Å²) in [6, 6.07) is 8.30. The minimum absolute atomic E-state index is 0.145. The molecule has 0 bridgehead atoms. The number of para-hydroxylation sites is 2. The van der Waals surface area contributed by atoms with E-state index in [0.717, 1.165) is 49.0 Å². The number of aliphatic hydroxyl groups excluding tert-OH is 1. The molecule has 2 aromatic rings. The topological polar surface area (TPSA) is 58.0 Å². The van der Waals surface area contributed by atoms with Gasteiger partial charge in [-0.05, 0) is 37.8 Å². The van der Waals surface area contributed by atoms with Crippen LogP contribution < -0.4 is 5.32 Å². The molecule has 19 heavy (non-hydrogen) atoms. The minimum Gasteiger partial charge on any atom is -0.393 e. The van der Waals surface area contributed by atoms with Crippen LogP contribution in [0.3, 0.4) is 0 Å². The van der Waals surface area contributed by atoms with E-state index in [9.17, 15) is 5.11 Å². The van der Waals surface area contributed by atoms with Crippen molar-refractivity contribution in [1.82, 2.24) is 15.3 Å². The fraction of sp³-hybridized carbons (Fsp3) is 0.467. The molecule has 2 N–H and O–H groups in total. The Bertz CT molecular complexity index is 558. The Morgan fingerprint density at radius 3 is 2.89 bits per heavy atom. The van der Waals surface area contributed by atoms with Crippen LogP contribution in [0.25, 0.3) is 11.0 Å². The zero-order valence-corrected chi connectivity index (χ0v) is 10.9. The average molecular weight is 257 g/mol. The molecule has 1 fully saturated rings. The summed E-state index contributed by atoms with van der Waals surface area (Å²) in [7, 11) is 0. The van der Waals surface area contributed by atoms with E-state index in [2.05, 4.69) is 15.3 Å². The summed E-state index contributed by atoms with van der Waals surface area (Å²) >= 11 is 0. The molecule has 4 nitrogen and oxygen atoms in total. The first-order valence-corrected chi connectivity index (χ1v) is 6.93. The van der Waals surface area contributed by atoms with Crippen LogP contribution in [0.15, 0.2) is 30.5 Å². The van der Waals surface area contributed by atoms with Gasteiger partial charge in [-0.1, -0.05) is 12.1 Å². The van der Waals surface area contributed by atoms with Gasteiger partial charge in [0, 0.05) is 12.6 Å². The molecule has 0 saturated heterocycles. The van der Waals surface area contributed by atoms with Crippen molar-refractivity contribution in [2.24, 2.45) is 0 Å². The third-order valence-corrected chi connectivity index (χ3v) is 3.72. The summed E-state index contributed by atoms with van der Waals surface area (Å²) in [5, 5.41) is 13.1. The van der Waals surface area contributed by atoms with Gasteiger partial charge in [0.2, 0.25) is 0 Å². The lowest BCUT2D eigenvalue weighted by Gasteiger charge is -2.26. The summed E-state index contributed by atoms with van der Waals surface area (Å²) in [6.45, 7) is 0.717. The number of rotatable bonds is 3. The number of nitrogens with one attached hydrogen (secondary N) is 1. The summed E-state index contributed by atoms with van der Waals surface area (Å²) < 4.78 is 0. The molecule has 1 aliphatic carbocycles. The second kappa shape index (κ2) is 5.63. The fourth-order valence-corrected chi connectivity index (χ4v) is 2.68. The molecule has 1 aromatic carbocycles. The molecule has 4 heteroatoms. The first kappa shape index (κ1) is 12.5. The van der Waals surface area contributed by atoms with Crippen molar-refractivity contribution in [3.63, 3.8) is 0 Å². The summed E-state index contributed by atoms with van der Waals surface area (Å²) in [6.07, 6.45) is 5.71. The Hall–Kier alpha value is -1.52. The second-order valence-electron chi connectivity index (χ2n) is 5.25. The number of benzene rings is 1. The SMILES string of the molecule is OC1CCCC(NCc2cnc3ccccc3n2)C1. The standard InChI is InChI=1S/C15H19N3O/c19-13-5-3-4-11(8-13)16-9-12-10-17-14-6-1-2-7-15(14)18-12/h1-2,6-7,10-11,13,16,19H,3-5,8-9H2. The van der Waals surface area contributed by atoms with E-state index in [0.29, 0.717) is 6.04 Å². The lowest BCUT2D eigenvalue weighted by molar-refractivity contribution is 0.111. The molecule has 2 atom stereocenters. The minimum atomic E-state index is -0.145. The Morgan fingerprint density at radius 1 is 1.21 bits per heavy atom. The van der Waals surface area contributed by atoms with E-state index in [4.69, 9.17) is 0 Å². The third kappa shape index (κ3) is 3.08. The number of aliphatic hydroxyl groups is 1. The normalized spacial score (nSPS) is 23.6. The molecule has 1 aliphatic rings. The van der Waals surface area contributed by atoms with Crippen LogP contribution in [0.1, 0.15) is 31.4 Å². The van der Waals surface area contributed by atoms with Crippen molar-refractivity contribution in [2.75, 3.05) is 0 Å². The van der Waals surface area contributed by atoms with Crippen molar-refractivity contribution in [2.45, 2.75) is 44.4 Å². The molecule has 0 amide bonds. The first-order valence-electron chi connectivity index (χ1n) is 6.93. The number of hydrogen-bond donors (Lipinski definition) is 2. The maximum absolute atomic E-state index is 9.65. The van der Waals surface area contributed by atoms with Gasteiger partial charge in [-0.25, -0.2) is 4.98 Å². The van der Waals surface area contributed by atoms with E-state index >= 15 is 0 Å². The highest BCUT2D eigenvalue weighted by Gasteiger charge is 2.19. The quantitative estimate of drug-likeness (QED) is 0.883. The van der Waals surface area contributed by atoms with Gasteiger partial charge in [-0.3, -0.25) is 4.98 Å². The maximum Gasteiger partial charge on any atom is 0.0890 e. The molecule has 1 aromatic heterocycles. The molecule has 1 saturated carbocycles. The van der Waals surface area contributed by atoms with E-state index in [1.807, 2.05) is 30.5 Å². The molecule has 0 spiro atoms. The average Bonchev–Trinajstić information content (AvgIpc) is 2.45. The van der Waals surface area contributed by atoms with E-state index in [1.54, 1.807) is 0 Å². The number of nitrogens with zero attached hydrogens (tertiary/aromatic N) is 2. The predicted octanol–water partition coefficient (Wildman–Crippen LogP) is 2.02. The van der Waals surface area contributed by atoms with Gasteiger partial charge in [0.25, 0.3) is 0 Å². The van der Waals surface area contributed by atoms with Crippen LogP contribution in [0, 0.1) is 0 Å². The van der Waals surface area contributed by atoms with Gasteiger partial charge in [-0.15, -0.1) is 0 Å². The van der Waals surface area contributed by atoms with Crippen molar-refractivity contribution >= 4 is 11.0 Å². The molecule has 100 valence electrons. The van der Waals surface area contributed by atoms with Crippen molar-refractivity contribution in [3.8, 4) is 0 Å². The summed E-state index contributed by atoms with van der Waals surface area (Å²) in [5.41, 5.74) is 2.82. The molecular formula is C15H19N3O. The van der Waals surface area contributed by atoms with Gasteiger partial charge in [0.1, 0.15) is 0 Å². The second-order valence-corrected chi connectivity index (χ2v) is 5.25. The highest BCUT2D eigenvalue weighted by molar-refractivity contribution is 5.73. The van der Waals surface area contributed by atoms with Crippen molar-refractivity contribution < 1.29 is 5.11 Å². The molecular weight excluding hydrogens is 238 g/mol. The van der Waals surface area contributed by atoms with Gasteiger partial charge < -0.3 is 10.4 Å². The maximum atomic E-state index is 9.65. The summed E-state index contributed by atoms with van der Waals surface area (Å²) in [5.74, 6) is 0. The Kier molecular flexibility index (Phi) is 3.71. The van der Waals surface area contributed by atoms with Crippen LogP contribution in [-0.4, -0.2) is 27.2 Å². The van der Waals surface area contributed by atoms with Crippen LogP contribution in [-0.2, 0) is 6.54 Å². The molecule has 2 unspecified atom stereocenters. The smallest absolute Gasteiger partial charge is 0.0890 e.